The van der Waals surface area contributed by atoms with Crippen LogP contribution in [0.25, 0.3) is 0 Å². The molecule has 0 saturated heterocycles. The van der Waals surface area contributed by atoms with Gasteiger partial charge < -0.3 is 15.6 Å². The number of nitrogens with two attached hydrogens (primary N) is 1. The number of methoxy groups -OCH3 is 1. The van der Waals surface area contributed by atoms with Crippen molar-refractivity contribution in [3.8, 4) is 5.75 Å². The Morgan fingerprint density at radius 3 is 2.74 bits per heavy atom. The standard InChI is InChI=1S/C12H20N2O4S/c1-9(4-3-7-15)14-19(16,17)10-5-6-11(13)12(8-10)18-2/h5-6,8-9,14-15H,3-4,7,13H2,1-2H3. The minimum absolute atomic E-state index is 0.0434. The van der Waals surface area contributed by atoms with Crippen LogP contribution in [-0.4, -0.2) is 33.3 Å². The molecule has 0 aliphatic heterocycles. The van der Waals surface area contributed by atoms with Gasteiger partial charge in [0.25, 0.3) is 0 Å². The fourth-order valence-electron chi connectivity index (χ4n) is 1.65. The molecule has 19 heavy (non-hydrogen) atoms. The number of nitrogen functional groups attached to an aromatic ring is 1. The highest BCUT2D eigenvalue weighted by Crippen LogP contribution is 2.24. The monoisotopic (exact) mass is 288 g/mol. The summed E-state index contributed by atoms with van der Waals surface area (Å²) in [6, 6.07) is 4.06. The summed E-state index contributed by atoms with van der Waals surface area (Å²) in [6.07, 6.45) is 1.12. The highest BCUT2D eigenvalue weighted by Gasteiger charge is 2.18. The van der Waals surface area contributed by atoms with Gasteiger partial charge in [0, 0.05) is 18.7 Å². The summed E-state index contributed by atoms with van der Waals surface area (Å²) in [4.78, 5) is 0.106. The lowest BCUT2D eigenvalue weighted by atomic mass is 10.2. The fraction of sp³-hybridized carbons (Fsp3) is 0.500. The molecule has 0 aliphatic rings. The third-order valence-electron chi connectivity index (χ3n) is 2.67. The molecule has 0 saturated carbocycles. The fourth-order valence-corrected chi connectivity index (χ4v) is 2.94. The number of aliphatic hydroxyl groups excluding tert-OH is 1. The average molecular weight is 288 g/mol. The van der Waals surface area contributed by atoms with E-state index in [1.54, 1.807) is 6.92 Å². The molecule has 1 aromatic carbocycles. The maximum absolute atomic E-state index is 12.1. The third kappa shape index (κ3) is 4.38. The molecule has 6 nitrogen and oxygen atoms in total. The normalized spacial score (nSPS) is 13.2. The van der Waals surface area contributed by atoms with E-state index in [1.165, 1.54) is 25.3 Å². The van der Waals surface area contributed by atoms with Crippen LogP contribution < -0.4 is 15.2 Å². The number of ether oxygens (including phenoxy) is 1. The van der Waals surface area contributed by atoms with E-state index >= 15 is 0 Å². The van der Waals surface area contributed by atoms with Gasteiger partial charge in [0.2, 0.25) is 10.0 Å². The van der Waals surface area contributed by atoms with E-state index < -0.39 is 10.0 Å². The molecule has 108 valence electrons. The van der Waals surface area contributed by atoms with E-state index in [0.29, 0.717) is 24.3 Å². The number of benzene rings is 1. The molecule has 1 aromatic rings. The Hall–Kier alpha value is -1.31. The first-order chi connectivity index (χ1) is 8.90. The molecule has 0 heterocycles. The minimum atomic E-state index is -3.61. The van der Waals surface area contributed by atoms with Crippen LogP contribution in [0.3, 0.4) is 0 Å². The third-order valence-corrected chi connectivity index (χ3v) is 4.25. The predicted octanol–water partition coefficient (Wildman–Crippen LogP) is 0.717. The van der Waals surface area contributed by atoms with Gasteiger partial charge in [0.15, 0.2) is 0 Å². The van der Waals surface area contributed by atoms with E-state index in [2.05, 4.69) is 4.72 Å². The summed E-state index contributed by atoms with van der Waals surface area (Å²) in [6.45, 7) is 1.80. The zero-order chi connectivity index (χ0) is 14.5. The van der Waals surface area contributed by atoms with Crippen LogP contribution in [0.15, 0.2) is 23.1 Å². The Labute approximate surface area is 113 Å². The number of nitrogens with one attached hydrogen (secondary N) is 1. The first-order valence-corrected chi connectivity index (χ1v) is 7.45. The van der Waals surface area contributed by atoms with Crippen LogP contribution in [0.4, 0.5) is 5.69 Å². The summed E-state index contributed by atoms with van der Waals surface area (Å²) < 4.78 is 31.8. The zero-order valence-electron chi connectivity index (χ0n) is 11.1. The summed E-state index contributed by atoms with van der Waals surface area (Å²) in [5, 5.41) is 8.72. The van der Waals surface area contributed by atoms with Gasteiger partial charge in [-0.2, -0.15) is 0 Å². The summed E-state index contributed by atoms with van der Waals surface area (Å²) in [5.74, 6) is 0.325. The lowest BCUT2D eigenvalue weighted by molar-refractivity contribution is 0.279. The topological polar surface area (TPSA) is 102 Å². The Bertz CT molecular complexity index is 516. The number of hydrogen-bond donors (Lipinski definition) is 3. The molecule has 0 amide bonds. The van der Waals surface area contributed by atoms with Gasteiger partial charge in [-0.05, 0) is 31.9 Å². The molecule has 0 bridgehead atoms. The van der Waals surface area contributed by atoms with Gasteiger partial charge >= 0.3 is 0 Å². The summed E-state index contributed by atoms with van der Waals surface area (Å²) in [5.41, 5.74) is 6.03. The lowest BCUT2D eigenvalue weighted by Gasteiger charge is -2.14. The number of sulfonamides is 1. The van der Waals surface area contributed by atoms with E-state index in [1.807, 2.05) is 0 Å². The molecular formula is C12H20N2O4S. The molecule has 1 rings (SSSR count). The molecule has 1 unspecified atom stereocenters. The van der Waals surface area contributed by atoms with E-state index in [4.69, 9.17) is 15.6 Å². The quantitative estimate of drug-likeness (QED) is 0.642. The summed E-state index contributed by atoms with van der Waals surface area (Å²) in [7, 11) is -2.18. The van der Waals surface area contributed by atoms with Crippen molar-refractivity contribution in [2.75, 3.05) is 19.5 Å². The Morgan fingerprint density at radius 1 is 1.47 bits per heavy atom. The van der Waals surface area contributed by atoms with Crippen molar-refractivity contribution in [1.29, 1.82) is 0 Å². The van der Waals surface area contributed by atoms with E-state index in [9.17, 15) is 8.42 Å². The van der Waals surface area contributed by atoms with Crippen LogP contribution >= 0.6 is 0 Å². The van der Waals surface area contributed by atoms with Crippen LogP contribution in [0.2, 0.25) is 0 Å². The molecule has 1 atom stereocenters. The van der Waals surface area contributed by atoms with Crippen molar-refractivity contribution in [3.63, 3.8) is 0 Å². The molecule has 0 radical (unpaired) electrons. The van der Waals surface area contributed by atoms with Crippen LogP contribution in [-0.2, 0) is 10.0 Å². The van der Waals surface area contributed by atoms with Crippen LogP contribution in [0.5, 0.6) is 5.75 Å². The molecule has 0 spiro atoms. The van der Waals surface area contributed by atoms with Crippen LogP contribution in [0.1, 0.15) is 19.8 Å². The zero-order valence-corrected chi connectivity index (χ0v) is 11.9. The SMILES string of the molecule is COc1cc(S(=O)(=O)NC(C)CCCO)ccc1N. The Kier molecular flexibility index (Phi) is 5.59. The van der Waals surface area contributed by atoms with Crippen molar-refractivity contribution in [2.24, 2.45) is 0 Å². The predicted molar refractivity (Wildman–Crippen MR) is 73.5 cm³/mol. The maximum atomic E-state index is 12.1. The Morgan fingerprint density at radius 2 is 2.16 bits per heavy atom. The number of hydrogen-bond acceptors (Lipinski definition) is 5. The second-order valence-corrected chi connectivity index (χ2v) is 6.01. The second-order valence-electron chi connectivity index (χ2n) is 4.29. The smallest absolute Gasteiger partial charge is 0.240 e. The van der Waals surface area contributed by atoms with Gasteiger partial charge in [0.05, 0.1) is 17.7 Å². The van der Waals surface area contributed by atoms with Crippen molar-refractivity contribution in [2.45, 2.75) is 30.7 Å². The van der Waals surface area contributed by atoms with Gasteiger partial charge in [-0.25, -0.2) is 13.1 Å². The highest BCUT2D eigenvalue weighted by molar-refractivity contribution is 7.89. The van der Waals surface area contributed by atoms with Gasteiger partial charge in [-0.3, -0.25) is 0 Å². The molecule has 4 N–H and O–H groups in total. The lowest BCUT2D eigenvalue weighted by Crippen LogP contribution is -2.32. The number of anilines is 1. The molecule has 0 aliphatic carbocycles. The number of rotatable bonds is 7. The van der Waals surface area contributed by atoms with E-state index in [-0.39, 0.29) is 17.5 Å². The first kappa shape index (κ1) is 15.7. The molecule has 7 heteroatoms. The Balaban J connectivity index is 2.88. The van der Waals surface area contributed by atoms with Crippen molar-refractivity contribution in [1.82, 2.24) is 4.72 Å². The highest BCUT2D eigenvalue weighted by atomic mass is 32.2. The number of aliphatic hydroxyl groups is 1. The van der Waals surface area contributed by atoms with Crippen molar-refractivity contribution in [3.05, 3.63) is 18.2 Å². The van der Waals surface area contributed by atoms with Gasteiger partial charge in [0.1, 0.15) is 5.75 Å². The average Bonchev–Trinajstić information content (AvgIpc) is 2.36. The molecule has 0 fully saturated rings. The van der Waals surface area contributed by atoms with Gasteiger partial charge in [-0.1, -0.05) is 0 Å². The minimum Gasteiger partial charge on any atom is -0.495 e. The second kappa shape index (κ2) is 6.74. The summed E-state index contributed by atoms with van der Waals surface area (Å²) >= 11 is 0. The van der Waals surface area contributed by atoms with Crippen molar-refractivity contribution >= 4 is 15.7 Å². The maximum Gasteiger partial charge on any atom is 0.240 e. The molecular weight excluding hydrogens is 268 g/mol. The van der Waals surface area contributed by atoms with Crippen LogP contribution in [0, 0.1) is 0 Å². The van der Waals surface area contributed by atoms with Crippen molar-refractivity contribution < 1.29 is 18.3 Å². The first-order valence-electron chi connectivity index (χ1n) is 5.97. The largest absolute Gasteiger partial charge is 0.495 e. The van der Waals surface area contributed by atoms with Gasteiger partial charge in [-0.15, -0.1) is 0 Å². The van der Waals surface area contributed by atoms with E-state index in [0.717, 1.165) is 0 Å². The molecule has 0 aromatic heterocycles.